The zero-order chi connectivity index (χ0) is 73.7. The van der Waals surface area contributed by atoms with Gasteiger partial charge >= 0.3 is 237 Å². The van der Waals surface area contributed by atoms with Gasteiger partial charge in [-0.3, -0.25) is 0 Å². The first kappa shape index (κ1) is 76.5. The molecule has 7 aromatic rings. The summed E-state index contributed by atoms with van der Waals surface area (Å²) in [5, 5.41) is 10.1. The van der Waals surface area contributed by atoms with Crippen molar-refractivity contribution in [2.75, 3.05) is 26.4 Å². The van der Waals surface area contributed by atoms with Gasteiger partial charge in [-0.2, -0.15) is 0 Å². The first-order valence-electron chi connectivity index (χ1n) is 37.1. The van der Waals surface area contributed by atoms with Crippen LogP contribution >= 0.6 is 0 Å². The molecule has 10 fully saturated rings. The van der Waals surface area contributed by atoms with Crippen molar-refractivity contribution >= 4 is 19.4 Å². The first-order valence-corrected chi connectivity index (χ1v) is 38.9. The van der Waals surface area contributed by atoms with Gasteiger partial charge in [0.2, 0.25) is 0 Å². The summed E-state index contributed by atoms with van der Waals surface area (Å²) in [6.07, 6.45) is -11.0. The first-order chi connectivity index (χ1) is 51.8. The van der Waals surface area contributed by atoms with Gasteiger partial charge in [-0.05, 0) is 66.5 Å². The molecule has 11 unspecified atom stereocenters. The molecule has 17 rings (SSSR count). The SMILES string of the molecule is CC1(C)OCC(C2O[C@@H]3OC(C)(C)OC3[C@H]2O[C@H]2OC3COC(c4ccccc4)O[C@H]3[C@@H](OCc3ccccc3)C2OCc2ccccc2)O1.CC1(C)OCC([C@H]2O[C@@H]3OC(C)(C)OC3[C@H]2O)O1.c1ccc(COC2[C@H]([Se]c3ccccc3)OC3COC(c4ccccc4)O[C@H]3[C@H]2OCc2ccccc2)cc1. The number of rotatable bonds is 20. The van der Waals surface area contributed by atoms with Gasteiger partial charge < -0.3 is 80.9 Å². The van der Waals surface area contributed by atoms with Crippen LogP contribution < -0.4 is 4.46 Å². The van der Waals surface area contributed by atoms with Crippen LogP contribution in [-0.2, 0) is 126 Å². The zero-order valence-corrected chi connectivity index (χ0v) is 63.2. The fourth-order valence-corrected chi connectivity index (χ4v) is 17.4. The van der Waals surface area contributed by atoms with Crippen molar-refractivity contribution in [1.82, 2.24) is 0 Å². The van der Waals surface area contributed by atoms with Gasteiger partial charge in [0.05, 0.1) is 33.0 Å². The average molecular weight is 1540 g/mol. The quantitative estimate of drug-likeness (QED) is 0.0702. The molecule has 0 radical (unpaired) electrons. The molecule has 0 spiro atoms. The molecule has 0 aromatic heterocycles. The Morgan fingerprint density at radius 1 is 0.336 bits per heavy atom. The summed E-state index contributed by atoms with van der Waals surface area (Å²) in [5.74, 6) is -2.98. The summed E-state index contributed by atoms with van der Waals surface area (Å²) in [5.41, 5.74) is 6.14. The Morgan fingerprint density at radius 2 is 0.710 bits per heavy atom. The summed E-state index contributed by atoms with van der Waals surface area (Å²) in [4.78, 5) is 0. The van der Waals surface area contributed by atoms with E-state index in [1.807, 2.05) is 205 Å². The van der Waals surface area contributed by atoms with E-state index < -0.39 is 122 Å². The van der Waals surface area contributed by atoms with Crippen LogP contribution in [-0.4, -0.2) is 191 Å². The predicted octanol–water partition coefficient (Wildman–Crippen LogP) is 10.8. The van der Waals surface area contributed by atoms with Crippen LogP contribution in [0.2, 0.25) is 0 Å². The Morgan fingerprint density at radius 3 is 1.16 bits per heavy atom. The van der Waals surface area contributed by atoms with Crippen LogP contribution in [0.1, 0.15) is 101 Å². The molecule has 10 aliphatic rings. The number of hydrogen-bond acceptors (Lipinski definition) is 22. The standard InChI is InChI=1S/C39H46O11.C33H32O5Se.C12H20O6/c1-38(2)43-23-28(48-38)30-32(34-37(46-30)50-39(3,4)49-34)47-36-33(41-21-25-16-10-6-11-17-25)31(40-20-24-14-8-5-9-15-24)29-27(44-36)22-42-35(45-29)26-18-12-7-13-19-26;1-5-13-24(14-6-1)21-34-30-29-28(23-36-32(38-29)26-17-9-3-10-18-26)37-33(39-27-19-11-4-12-20-27)31(30)35-22-25-15-7-2-8-16-25;1-11(2)14-5-6(16-11)8-7(13)9-10(15-8)18-12(3,4)17-9/h5-19,27-37H,20-23H2,1-4H3;1-20,28-33H,21-23H2;6-10,13H,5H2,1-4H3/t27?,28?,29-,30?,31-,32+,33?,34?,35?,36-,37-;28?,29-,30-,31?,32?,33+;6?,7-,8+,9?,10+/m110/s1. The van der Waals surface area contributed by atoms with Crippen LogP contribution in [0.4, 0.5) is 0 Å². The Labute approximate surface area is 632 Å². The molecule has 7 aromatic carbocycles. The topological polar surface area (TPSA) is 214 Å². The number of aliphatic hydroxyl groups excluding tert-OH is 1. The molecule has 10 heterocycles. The minimum atomic E-state index is -0.918. The minimum absolute atomic E-state index is 0.00177. The molecule has 0 saturated carbocycles. The van der Waals surface area contributed by atoms with Gasteiger partial charge in [0, 0.05) is 5.56 Å². The van der Waals surface area contributed by atoms with Gasteiger partial charge in [-0.15, -0.1) is 0 Å². The third kappa shape index (κ3) is 18.9. The molecule has 0 aliphatic carbocycles. The third-order valence-corrected chi connectivity index (χ3v) is 22.4. The van der Waals surface area contributed by atoms with E-state index in [1.54, 1.807) is 13.8 Å². The summed E-state index contributed by atoms with van der Waals surface area (Å²) in [6, 6.07) is 71.0. The fourth-order valence-electron chi connectivity index (χ4n) is 15.0. The monoisotopic (exact) mass is 1540 g/mol. The van der Waals surface area contributed by atoms with Crippen molar-refractivity contribution < 1.29 is 105 Å². The maximum atomic E-state index is 10.3. The van der Waals surface area contributed by atoms with Gasteiger partial charge in [0.25, 0.3) is 0 Å². The van der Waals surface area contributed by atoms with E-state index in [9.17, 15) is 5.11 Å². The van der Waals surface area contributed by atoms with E-state index >= 15 is 0 Å². The number of ether oxygens (including phenoxy) is 21. The van der Waals surface area contributed by atoms with Crippen LogP contribution in [0, 0.1) is 0 Å². The number of benzene rings is 7. The Balaban J connectivity index is 0.000000142. The molecule has 107 heavy (non-hydrogen) atoms. The molecule has 22 nitrogen and oxygen atoms in total. The molecule has 0 amide bonds. The van der Waals surface area contributed by atoms with Gasteiger partial charge in [0.15, 0.2) is 48.3 Å². The van der Waals surface area contributed by atoms with Crippen molar-refractivity contribution in [2.45, 2.75) is 239 Å². The second kappa shape index (κ2) is 34.0. The van der Waals surface area contributed by atoms with Crippen molar-refractivity contribution in [3.8, 4) is 0 Å². The summed E-state index contributed by atoms with van der Waals surface area (Å²) in [7, 11) is 0. The number of hydrogen-bond donors (Lipinski definition) is 1. The average Bonchev–Trinajstić information content (AvgIpc) is 1.44. The second-order valence-electron chi connectivity index (χ2n) is 29.9. The maximum absolute atomic E-state index is 10.3. The fraction of sp³-hybridized carbons (Fsp3) is 0.500. The molecular weight excluding hydrogens is 1440 g/mol. The van der Waals surface area contributed by atoms with Crippen molar-refractivity contribution in [3.63, 3.8) is 0 Å². The molecule has 10 saturated heterocycles. The van der Waals surface area contributed by atoms with Gasteiger partial charge in [-0.25, -0.2) is 0 Å². The molecule has 23 heteroatoms. The molecule has 22 atom stereocenters. The van der Waals surface area contributed by atoms with Gasteiger partial charge in [-0.1, -0.05) is 91.0 Å². The van der Waals surface area contributed by atoms with Crippen LogP contribution in [0.15, 0.2) is 212 Å². The van der Waals surface area contributed by atoms with E-state index in [1.165, 1.54) is 4.46 Å². The molecular formula is C84H98O22Se. The van der Waals surface area contributed by atoms with E-state index in [0.29, 0.717) is 46.2 Å². The Hall–Kier alpha value is -5.82. The summed E-state index contributed by atoms with van der Waals surface area (Å²) < 4.78 is 134. The van der Waals surface area contributed by atoms with E-state index in [2.05, 4.69) is 48.5 Å². The van der Waals surface area contributed by atoms with Crippen molar-refractivity contribution in [2.24, 2.45) is 0 Å². The molecule has 572 valence electrons. The second-order valence-corrected chi connectivity index (χ2v) is 32.3. The van der Waals surface area contributed by atoms with Crippen molar-refractivity contribution in [3.05, 3.63) is 246 Å². The van der Waals surface area contributed by atoms with Gasteiger partial charge in [0.1, 0.15) is 73.2 Å². The van der Waals surface area contributed by atoms with Crippen LogP contribution in [0.25, 0.3) is 0 Å². The molecule has 1 N–H and O–H groups in total. The van der Waals surface area contributed by atoms with E-state index in [4.69, 9.17) is 99.5 Å². The predicted molar refractivity (Wildman–Crippen MR) is 387 cm³/mol. The Kier molecular flexibility index (Phi) is 24.3. The van der Waals surface area contributed by atoms with E-state index in [0.717, 1.165) is 33.4 Å². The third-order valence-electron chi connectivity index (χ3n) is 20.0. The zero-order valence-electron chi connectivity index (χ0n) is 61.5. The van der Waals surface area contributed by atoms with Crippen LogP contribution in [0.3, 0.4) is 0 Å². The number of fused-ring (bicyclic) bond motifs is 4. The number of aliphatic hydroxyl groups is 1. The van der Waals surface area contributed by atoms with Crippen molar-refractivity contribution in [1.29, 1.82) is 0 Å². The summed E-state index contributed by atoms with van der Waals surface area (Å²) >= 11 is -0.00177. The Bertz CT molecular complexity index is 3880. The van der Waals surface area contributed by atoms with Crippen LogP contribution in [0.5, 0.6) is 0 Å². The molecule has 0 bridgehead atoms. The molecule has 10 aliphatic heterocycles. The normalized spacial score (nSPS) is 35.4. The summed E-state index contributed by atoms with van der Waals surface area (Å²) in [6.45, 7) is 17.8. The van der Waals surface area contributed by atoms with E-state index in [-0.39, 0.29) is 57.1 Å².